The summed E-state index contributed by atoms with van der Waals surface area (Å²) < 4.78 is 1.63. The molecule has 1 amide bonds. The molecule has 130 valence electrons. The van der Waals surface area contributed by atoms with Gasteiger partial charge in [-0.3, -0.25) is 19.5 Å². The van der Waals surface area contributed by atoms with E-state index in [4.69, 9.17) is 5.11 Å². The summed E-state index contributed by atoms with van der Waals surface area (Å²) in [5, 5.41) is 14.0. The highest BCUT2D eigenvalue weighted by Gasteiger charge is 2.12. The Morgan fingerprint density at radius 2 is 2.04 bits per heavy atom. The predicted octanol–water partition coefficient (Wildman–Crippen LogP) is 0.943. The van der Waals surface area contributed by atoms with Crippen LogP contribution in [0.5, 0.6) is 0 Å². The highest BCUT2D eigenvalue weighted by atomic mass is 16.4. The van der Waals surface area contributed by atoms with Gasteiger partial charge in [-0.15, -0.1) is 0 Å². The lowest BCUT2D eigenvalue weighted by Gasteiger charge is -2.11. The molecule has 0 saturated heterocycles. The molecule has 0 aliphatic carbocycles. The zero-order valence-electron chi connectivity index (χ0n) is 13.9. The largest absolute Gasteiger partial charge is 0.481 e. The standard InChI is InChI=1S/C16H22N4O4/c1-10-12(11(2)20-13(18-10)9-15(22)19-20)6-7-14(21)17-8-4-3-5-16(23)24/h9H,3-8H2,1-2H3,(H,17,21)(H,19,22)(H,23,24). The number of aryl methyl sites for hydroxylation is 2. The number of nitrogens with one attached hydrogen (secondary N) is 2. The molecule has 24 heavy (non-hydrogen) atoms. The van der Waals surface area contributed by atoms with Gasteiger partial charge in [-0.05, 0) is 38.7 Å². The molecular weight excluding hydrogens is 312 g/mol. The number of aliphatic carboxylic acids is 1. The van der Waals surface area contributed by atoms with Gasteiger partial charge in [-0.1, -0.05) is 0 Å². The molecule has 2 rings (SSSR count). The minimum atomic E-state index is -0.821. The van der Waals surface area contributed by atoms with E-state index >= 15 is 0 Å². The summed E-state index contributed by atoms with van der Waals surface area (Å²) in [4.78, 5) is 38.1. The molecular formula is C16H22N4O4. The third-order valence-corrected chi connectivity index (χ3v) is 3.94. The van der Waals surface area contributed by atoms with E-state index in [0.717, 1.165) is 17.0 Å². The van der Waals surface area contributed by atoms with E-state index in [1.54, 1.807) is 4.52 Å². The summed E-state index contributed by atoms with van der Waals surface area (Å²) in [5.74, 6) is -0.900. The quantitative estimate of drug-likeness (QED) is 0.621. The van der Waals surface area contributed by atoms with Crippen molar-refractivity contribution in [2.75, 3.05) is 6.54 Å². The Bertz CT molecular complexity index is 806. The van der Waals surface area contributed by atoms with Gasteiger partial charge in [0.25, 0.3) is 5.56 Å². The number of hydrogen-bond donors (Lipinski definition) is 3. The number of carbonyl (C=O) groups is 2. The van der Waals surface area contributed by atoms with Crippen molar-refractivity contribution in [2.24, 2.45) is 0 Å². The number of nitrogens with zero attached hydrogens (tertiary/aromatic N) is 2. The van der Waals surface area contributed by atoms with Gasteiger partial charge < -0.3 is 10.4 Å². The first kappa shape index (κ1) is 17.7. The smallest absolute Gasteiger partial charge is 0.303 e. The fourth-order valence-corrected chi connectivity index (χ4v) is 2.67. The Labute approximate surface area is 138 Å². The molecule has 0 atom stereocenters. The molecule has 0 aliphatic heterocycles. The molecule has 2 heterocycles. The topological polar surface area (TPSA) is 117 Å². The van der Waals surface area contributed by atoms with Crippen LogP contribution in [0, 0.1) is 13.8 Å². The van der Waals surface area contributed by atoms with Crippen LogP contribution in [0.25, 0.3) is 5.65 Å². The highest BCUT2D eigenvalue weighted by Crippen LogP contribution is 2.15. The Balaban J connectivity index is 1.89. The van der Waals surface area contributed by atoms with Crippen molar-refractivity contribution in [2.45, 2.75) is 46.0 Å². The fourth-order valence-electron chi connectivity index (χ4n) is 2.67. The number of aromatic amines is 1. The van der Waals surface area contributed by atoms with Crippen LogP contribution in [0.4, 0.5) is 0 Å². The summed E-state index contributed by atoms with van der Waals surface area (Å²) in [6.07, 6.45) is 2.17. The SMILES string of the molecule is Cc1nc2cc(=O)[nH]n2c(C)c1CCC(=O)NCCCCC(=O)O. The third-order valence-electron chi connectivity index (χ3n) is 3.94. The van der Waals surface area contributed by atoms with Gasteiger partial charge in [0.15, 0.2) is 5.65 Å². The maximum absolute atomic E-state index is 11.9. The average molecular weight is 334 g/mol. The van der Waals surface area contributed by atoms with Crippen molar-refractivity contribution in [3.8, 4) is 0 Å². The Kier molecular flexibility index (Phi) is 5.73. The molecule has 3 N–H and O–H groups in total. The normalized spacial score (nSPS) is 10.9. The molecule has 0 bridgehead atoms. The van der Waals surface area contributed by atoms with Crippen molar-refractivity contribution in [1.82, 2.24) is 19.9 Å². The van der Waals surface area contributed by atoms with Crippen LogP contribution in [0.1, 0.15) is 42.6 Å². The van der Waals surface area contributed by atoms with Crippen molar-refractivity contribution >= 4 is 17.5 Å². The van der Waals surface area contributed by atoms with Crippen molar-refractivity contribution in [1.29, 1.82) is 0 Å². The van der Waals surface area contributed by atoms with Gasteiger partial charge in [0.05, 0.1) is 0 Å². The lowest BCUT2D eigenvalue weighted by molar-refractivity contribution is -0.137. The molecule has 8 heteroatoms. The van der Waals surface area contributed by atoms with Crippen LogP contribution in [0.2, 0.25) is 0 Å². The summed E-state index contributed by atoms with van der Waals surface area (Å²) in [6.45, 7) is 4.23. The van der Waals surface area contributed by atoms with Crippen LogP contribution in [-0.2, 0) is 16.0 Å². The Morgan fingerprint density at radius 1 is 1.29 bits per heavy atom. The Morgan fingerprint density at radius 3 is 2.75 bits per heavy atom. The molecule has 0 aromatic carbocycles. The van der Waals surface area contributed by atoms with Crippen molar-refractivity contribution < 1.29 is 14.7 Å². The van der Waals surface area contributed by atoms with E-state index < -0.39 is 5.97 Å². The number of amides is 1. The van der Waals surface area contributed by atoms with Gasteiger partial charge in [-0.25, -0.2) is 9.50 Å². The molecule has 0 radical (unpaired) electrons. The highest BCUT2D eigenvalue weighted by molar-refractivity contribution is 5.76. The number of aromatic nitrogens is 3. The number of fused-ring (bicyclic) bond motifs is 1. The minimum Gasteiger partial charge on any atom is -0.481 e. The number of carboxylic acid groups (broad SMARTS) is 1. The van der Waals surface area contributed by atoms with Crippen LogP contribution < -0.4 is 10.9 Å². The first-order valence-corrected chi connectivity index (χ1v) is 7.95. The number of hydrogen-bond acceptors (Lipinski definition) is 4. The van der Waals surface area contributed by atoms with E-state index in [0.29, 0.717) is 37.9 Å². The molecule has 0 unspecified atom stereocenters. The van der Waals surface area contributed by atoms with E-state index in [1.165, 1.54) is 6.07 Å². The maximum atomic E-state index is 11.9. The average Bonchev–Trinajstić information content (AvgIpc) is 2.87. The molecule has 0 saturated carbocycles. The number of carboxylic acids is 1. The lowest BCUT2D eigenvalue weighted by atomic mass is 10.1. The first-order valence-electron chi connectivity index (χ1n) is 7.95. The lowest BCUT2D eigenvalue weighted by Crippen LogP contribution is -2.25. The van der Waals surface area contributed by atoms with Crippen LogP contribution in [0.3, 0.4) is 0 Å². The summed E-state index contributed by atoms with van der Waals surface area (Å²) >= 11 is 0. The number of H-pyrrole nitrogens is 1. The number of unbranched alkanes of at least 4 members (excludes halogenated alkanes) is 1. The van der Waals surface area contributed by atoms with Crippen molar-refractivity contribution in [3.05, 3.63) is 33.4 Å². The van der Waals surface area contributed by atoms with Crippen LogP contribution >= 0.6 is 0 Å². The predicted molar refractivity (Wildman–Crippen MR) is 88.1 cm³/mol. The molecule has 2 aromatic heterocycles. The van der Waals surface area contributed by atoms with Gasteiger partial charge in [0.2, 0.25) is 5.91 Å². The zero-order chi connectivity index (χ0) is 17.7. The fraction of sp³-hybridized carbons (Fsp3) is 0.500. The first-order chi connectivity index (χ1) is 11.4. The second-order valence-corrected chi connectivity index (χ2v) is 5.78. The van der Waals surface area contributed by atoms with Gasteiger partial charge >= 0.3 is 5.97 Å². The van der Waals surface area contributed by atoms with E-state index in [-0.39, 0.29) is 17.9 Å². The maximum Gasteiger partial charge on any atom is 0.303 e. The molecule has 0 aliphatic rings. The number of rotatable bonds is 8. The summed E-state index contributed by atoms with van der Waals surface area (Å²) in [7, 11) is 0. The van der Waals surface area contributed by atoms with E-state index in [2.05, 4.69) is 15.4 Å². The molecule has 0 spiro atoms. The van der Waals surface area contributed by atoms with E-state index in [1.807, 2.05) is 13.8 Å². The Hall–Kier alpha value is -2.64. The second kappa shape index (κ2) is 7.76. The number of carbonyl (C=O) groups excluding carboxylic acids is 1. The zero-order valence-corrected chi connectivity index (χ0v) is 13.9. The molecule has 8 nitrogen and oxygen atoms in total. The molecule has 2 aromatic rings. The molecule has 0 fully saturated rings. The van der Waals surface area contributed by atoms with Gasteiger partial charge in [0, 0.05) is 36.8 Å². The van der Waals surface area contributed by atoms with Gasteiger partial charge in [-0.2, -0.15) is 0 Å². The minimum absolute atomic E-state index is 0.0785. The van der Waals surface area contributed by atoms with Gasteiger partial charge in [0.1, 0.15) is 0 Å². The second-order valence-electron chi connectivity index (χ2n) is 5.78. The summed E-state index contributed by atoms with van der Waals surface area (Å²) in [5.41, 5.74) is 2.98. The van der Waals surface area contributed by atoms with E-state index in [9.17, 15) is 14.4 Å². The van der Waals surface area contributed by atoms with Crippen molar-refractivity contribution in [3.63, 3.8) is 0 Å². The van der Waals surface area contributed by atoms with Crippen LogP contribution in [-0.4, -0.2) is 38.1 Å². The third kappa shape index (κ3) is 4.43. The summed E-state index contributed by atoms with van der Waals surface area (Å²) in [6, 6.07) is 1.44. The van der Waals surface area contributed by atoms with Crippen LogP contribution in [0.15, 0.2) is 10.9 Å². The monoisotopic (exact) mass is 334 g/mol.